The maximum atomic E-state index is 8.81. The van der Waals surface area contributed by atoms with Gasteiger partial charge in [-0.3, -0.25) is 9.89 Å². The molecule has 66 valence electrons. The van der Waals surface area contributed by atoms with Gasteiger partial charge in [-0.25, -0.2) is 0 Å². The molecule has 1 rings (SSSR count). The van der Waals surface area contributed by atoms with Crippen LogP contribution in [-0.4, -0.2) is 16.8 Å². The lowest BCUT2D eigenvalue weighted by Gasteiger charge is -2.26. The van der Waals surface area contributed by atoms with Crippen molar-refractivity contribution >= 4 is 5.71 Å². The average Bonchev–Trinajstić information content (AvgIpc) is 2.04. The number of nitriles is 2. The van der Waals surface area contributed by atoms with Crippen LogP contribution in [0.15, 0.2) is 16.3 Å². The van der Waals surface area contributed by atoms with Gasteiger partial charge in [-0.05, 0) is 20.8 Å². The highest BCUT2D eigenvalue weighted by molar-refractivity contribution is 6.02. The quantitative estimate of drug-likeness (QED) is 0.521. The van der Waals surface area contributed by atoms with Crippen molar-refractivity contribution in [3.8, 4) is 12.3 Å². The smallest absolute Gasteiger partial charge is 0.185 e. The van der Waals surface area contributed by atoms with E-state index in [1.165, 1.54) is 4.90 Å². The van der Waals surface area contributed by atoms with Gasteiger partial charge in [-0.15, -0.1) is 0 Å². The van der Waals surface area contributed by atoms with Gasteiger partial charge in [0.1, 0.15) is 12.2 Å². The van der Waals surface area contributed by atoms with E-state index in [2.05, 4.69) is 4.99 Å². The lowest BCUT2D eigenvalue weighted by molar-refractivity contribution is 0.379. The second kappa shape index (κ2) is 3.28. The second-order valence-corrected chi connectivity index (χ2v) is 2.89. The predicted octanol–water partition coefficient (Wildman–Crippen LogP) is 1.39. The highest BCUT2D eigenvalue weighted by Crippen LogP contribution is 2.19. The van der Waals surface area contributed by atoms with Crippen LogP contribution in [0.4, 0.5) is 0 Å². The van der Waals surface area contributed by atoms with Crippen LogP contribution in [-0.2, 0) is 0 Å². The van der Waals surface area contributed by atoms with E-state index in [4.69, 9.17) is 10.5 Å². The van der Waals surface area contributed by atoms with E-state index in [1.54, 1.807) is 13.8 Å². The van der Waals surface area contributed by atoms with Crippen LogP contribution >= 0.6 is 0 Å². The zero-order chi connectivity index (χ0) is 10.0. The molecule has 0 saturated heterocycles. The minimum atomic E-state index is -0.193. The first-order valence-electron chi connectivity index (χ1n) is 3.96. The molecule has 0 aromatic carbocycles. The Bertz CT molecular complexity index is 364. The lowest BCUT2D eigenvalue weighted by atomic mass is 10.1. The van der Waals surface area contributed by atoms with Crippen molar-refractivity contribution in [2.24, 2.45) is 4.99 Å². The van der Waals surface area contributed by atoms with Crippen LogP contribution in [0, 0.1) is 22.8 Å². The maximum Gasteiger partial charge on any atom is 0.185 e. The Morgan fingerprint density at radius 1 is 1.38 bits per heavy atom. The number of nitrogens with zero attached hydrogens (tertiary/aromatic N) is 4. The standard InChI is InChI=1S/C9H10N4/c1-6-9(4-10)7(2)13(5-11)8(3)12-6/h8H,1-3H3. The van der Waals surface area contributed by atoms with E-state index in [1.807, 2.05) is 19.2 Å². The Morgan fingerprint density at radius 2 is 2.00 bits per heavy atom. The lowest BCUT2D eigenvalue weighted by Crippen LogP contribution is -2.31. The zero-order valence-corrected chi connectivity index (χ0v) is 7.87. The van der Waals surface area contributed by atoms with E-state index in [0.29, 0.717) is 17.0 Å². The van der Waals surface area contributed by atoms with Crippen molar-refractivity contribution in [3.63, 3.8) is 0 Å². The summed E-state index contributed by atoms with van der Waals surface area (Å²) >= 11 is 0. The van der Waals surface area contributed by atoms with Gasteiger partial charge in [-0.2, -0.15) is 10.5 Å². The van der Waals surface area contributed by atoms with Gasteiger partial charge in [0.25, 0.3) is 0 Å². The minimum Gasteiger partial charge on any atom is -0.263 e. The number of allylic oxidation sites excluding steroid dienone is 2. The summed E-state index contributed by atoms with van der Waals surface area (Å²) in [5.74, 6) is 0. The Balaban J connectivity index is 3.22. The largest absolute Gasteiger partial charge is 0.263 e. The first-order valence-corrected chi connectivity index (χ1v) is 3.96. The molecule has 0 amide bonds. The summed E-state index contributed by atoms with van der Waals surface area (Å²) in [6, 6.07) is 2.04. The molecule has 13 heavy (non-hydrogen) atoms. The van der Waals surface area contributed by atoms with Gasteiger partial charge in [0.2, 0.25) is 0 Å². The zero-order valence-electron chi connectivity index (χ0n) is 7.87. The molecule has 1 aliphatic rings. The molecule has 1 atom stereocenters. The molecular weight excluding hydrogens is 164 g/mol. The van der Waals surface area contributed by atoms with Crippen LogP contribution in [0.1, 0.15) is 20.8 Å². The topological polar surface area (TPSA) is 63.2 Å². The third kappa shape index (κ3) is 1.39. The highest BCUT2D eigenvalue weighted by Gasteiger charge is 2.22. The van der Waals surface area contributed by atoms with E-state index in [-0.39, 0.29) is 6.17 Å². The van der Waals surface area contributed by atoms with Crippen LogP contribution in [0.5, 0.6) is 0 Å². The molecule has 0 aromatic heterocycles. The Hall–Kier alpha value is -1.81. The first-order chi connectivity index (χ1) is 6.11. The van der Waals surface area contributed by atoms with Crippen molar-refractivity contribution in [1.29, 1.82) is 10.5 Å². The van der Waals surface area contributed by atoms with Crippen LogP contribution < -0.4 is 0 Å². The first kappa shape index (κ1) is 9.28. The fraction of sp³-hybridized carbons (Fsp3) is 0.444. The van der Waals surface area contributed by atoms with Gasteiger partial charge in [0, 0.05) is 5.70 Å². The van der Waals surface area contributed by atoms with Crippen molar-refractivity contribution in [1.82, 2.24) is 4.90 Å². The van der Waals surface area contributed by atoms with Gasteiger partial charge in [0.15, 0.2) is 6.19 Å². The van der Waals surface area contributed by atoms with Gasteiger partial charge in [0.05, 0.1) is 11.3 Å². The summed E-state index contributed by atoms with van der Waals surface area (Å²) < 4.78 is 0. The van der Waals surface area contributed by atoms with E-state index in [0.717, 1.165) is 0 Å². The molecule has 0 spiro atoms. The van der Waals surface area contributed by atoms with Crippen molar-refractivity contribution in [2.45, 2.75) is 26.9 Å². The van der Waals surface area contributed by atoms with E-state index < -0.39 is 0 Å². The number of rotatable bonds is 0. The molecule has 0 N–H and O–H groups in total. The third-order valence-electron chi connectivity index (χ3n) is 2.06. The summed E-state index contributed by atoms with van der Waals surface area (Å²) in [4.78, 5) is 5.61. The Kier molecular flexibility index (Phi) is 2.34. The molecule has 0 fully saturated rings. The normalized spacial score (nSPS) is 22.1. The second-order valence-electron chi connectivity index (χ2n) is 2.89. The summed E-state index contributed by atoms with van der Waals surface area (Å²) in [5.41, 5.74) is 1.89. The molecule has 0 aromatic rings. The molecular formula is C9H10N4. The van der Waals surface area contributed by atoms with Crippen molar-refractivity contribution < 1.29 is 0 Å². The molecule has 0 aliphatic carbocycles. The molecule has 0 radical (unpaired) electrons. The Labute approximate surface area is 77.4 Å². The SMILES string of the molecule is CC1=NC(C)N(C#N)C(C)=C1C#N. The summed E-state index contributed by atoms with van der Waals surface area (Å²) in [6.07, 6.45) is 1.81. The van der Waals surface area contributed by atoms with Crippen LogP contribution in [0.25, 0.3) is 0 Å². The van der Waals surface area contributed by atoms with E-state index >= 15 is 0 Å². The predicted molar refractivity (Wildman–Crippen MR) is 48.3 cm³/mol. The molecule has 0 bridgehead atoms. The molecule has 1 aliphatic heterocycles. The highest BCUT2D eigenvalue weighted by atomic mass is 15.2. The van der Waals surface area contributed by atoms with Crippen LogP contribution in [0.2, 0.25) is 0 Å². The molecule has 0 saturated carbocycles. The van der Waals surface area contributed by atoms with Gasteiger partial charge < -0.3 is 0 Å². The number of aliphatic imine (C=N–C) groups is 1. The fourth-order valence-electron chi connectivity index (χ4n) is 1.39. The third-order valence-corrected chi connectivity index (χ3v) is 2.06. The van der Waals surface area contributed by atoms with Crippen molar-refractivity contribution in [2.75, 3.05) is 0 Å². The summed E-state index contributed by atoms with van der Waals surface area (Å²) in [5, 5.41) is 17.6. The van der Waals surface area contributed by atoms with Gasteiger partial charge >= 0.3 is 0 Å². The average molecular weight is 174 g/mol. The van der Waals surface area contributed by atoms with Crippen molar-refractivity contribution in [3.05, 3.63) is 11.3 Å². The monoisotopic (exact) mass is 174 g/mol. The molecule has 4 nitrogen and oxygen atoms in total. The molecule has 1 unspecified atom stereocenters. The number of hydrogen-bond donors (Lipinski definition) is 0. The summed E-state index contributed by atoms with van der Waals surface area (Å²) in [6.45, 7) is 5.37. The van der Waals surface area contributed by atoms with E-state index in [9.17, 15) is 0 Å². The minimum absolute atomic E-state index is 0.193. The molecule has 1 heterocycles. The number of hydrogen-bond acceptors (Lipinski definition) is 4. The Morgan fingerprint density at radius 3 is 2.46 bits per heavy atom. The fourth-order valence-corrected chi connectivity index (χ4v) is 1.39. The summed E-state index contributed by atoms with van der Waals surface area (Å²) in [7, 11) is 0. The molecule has 4 heteroatoms. The van der Waals surface area contributed by atoms with Crippen LogP contribution in [0.3, 0.4) is 0 Å². The van der Waals surface area contributed by atoms with Gasteiger partial charge in [-0.1, -0.05) is 0 Å². The maximum absolute atomic E-state index is 8.81.